The van der Waals surface area contributed by atoms with Gasteiger partial charge in [-0.25, -0.2) is 0 Å². The highest BCUT2D eigenvalue weighted by molar-refractivity contribution is 6.05. The van der Waals surface area contributed by atoms with Crippen LogP contribution in [0.3, 0.4) is 0 Å². The summed E-state index contributed by atoms with van der Waals surface area (Å²) in [5, 5.41) is 2.86. The molecule has 1 N–H and O–H groups in total. The number of aromatic nitrogens is 1. The minimum atomic E-state index is -0.200. The average Bonchev–Trinajstić information content (AvgIpc) is 2.74. The van der Waals surface area contributed by atoms with Gasteiger partial charge in [-0.1, -0.05) is 17.7 Å². The number of nitrogens with zero attached hydrogens (tertiary/aromatic N) is 2. The normalized spacial score (nSPS) is 10.4. The molecule has 3 aromatic rings. The monoisotopic (exact) mass is 373 g/mol. The second kappa shape index (κ2) is 8.95. The third kappa shape index (κ3) is 5.04. The molecular formula is C23H23N3O2. The molecule has 0 unspecified atom stereocenters. The van der Waals surface area contributed by atoms with Gasteiger partial charge in [0.25, 0.3) is 11.8 Å². The Morgan fingerprint density at radius 3 is 2.14 bits per heavy atom. The van der Waals surface area contributed by atoms with Crippen LogP contribution in [0.2, 0.25) is 0 Å². The highest BCUT2D eigenvalue weighted by Crippen LogP contribution is 2.13. The maximum absolute atomic E-state index is 12.6. The first-order chi connectivity index (χ1) is 13.5. The molecule has 0 aliphatic rings. The van der Waals surface area contributed by atoms with E-state index in [1.807, 2.05) is 43.3 Å². The zero-order chi connectivity index (χ0) is 19.9. The molecule has 0 saturated carbocycles. The summed E-state index contributed by atoms with van der Waals surface area (Å²) < 4.78 is 0. The number of rotatable bonds is 6. The van der Waals surface area contributed by atoms with E-state index in [4.69, 9.17) is 0 Å². The van der Waals surface area contributed by atoms with Crippen LogP contribution in [-0.4, -0.2) is 35.3 Å². The molecule has 1 aromatic heterocycles. The predicted octanol–water partition coefficient (Wildman–Crippen LogP) is 3.96. The quantitative estimate of drug-likeness (QED) is 0.711. The molecule has 2 amide bonds. The van der Waals surface area contributed by atoms with Gasteiger partial charge in [-0.2, -0.15) is 0 Å². The van der Waals surface area contributed by atoms with Crippen LogP contribution in [0.15, 0.2) is 73.1 Å². The molecule has 0 saturated heterocycles. The van der Waals surface area contributed by atoms with Gasteiger partial charge in [0.2, 0.25) is 0 Å². The molecule has 0 aliphatic carbocycles. The summed E-state index contributed by atoms with van der Waals surface area (Å²) in [6, 6.07) is 18.2. The molecule has 2 aromatic carbocycles. The van der Waals surface area contributed by atoms with Crippen molar-refractivity contribution in [3.63, 3.8) is 0 Å². The largest absolute Gasteiger partial charge is 0.341 e. The van der Waals surface area contributed by atoms with E-state index in [1.54, 1.807) is 48.6 Å². The lowest BCUT2D eigenvalue weighted by molar-refractivity contribution is 0.0796. The maximum atomic E-state index is 12.6. The van der Waals surface area contributed by atoms with Gasteiger partial charge in [0.1, 0.15) is 0 Å². The van der Waals surface area contributed by atoms with Gasteiger partial charge >= 0.3 is 0 Å². The molecule has 0 bridgehead atoms. The van der Waals surface area contributed by atoms with E-state index < -0.39 is 0 Å². The van der Waals surface area contributed by atoms with E-state index in [0.29, 0.717) is 17.7 Å². The third-order valence-electron chi connectivity index (χ3n) is 4.54. The third-order valence-corrected chi connectivity index (χ3v) is 4.54. The van der Waals surface area contributed by atoms with Gasteiger partial charge in [0, 0.05) is 42.8 Å². The number of hydrogen-bond acceptors (Lipinski definition) is 3. The van der Waals surface area contributed by atoms with Crippen LogP contribution in [0, 0.1) is 6.92 Å². The van der Waals surface area contributed by atoms with Crippen molar-refractivity contribution in [1.82, 2.24) is 9.88 Å². The Hall–Kier alpha value is -3.47. The zero-order valence-electron chi connectivity index (χ0n) is 16.1. The molecule has 5 heteroatoms. The maximum Gasteiger partial charge on any atom is 0.255 e. The fraction of sp³-hybridized carbons (Fsp3) is 0.174. The highest BCUT2D eigenvalue weighted by Gasteiger charge is 2.13. The number of amides is 2. The van der Waals surface area contributed by atoms with E-state index in [1.165, 1.54) is 0 Å². The van der Waals surface area contributed by atoms with Gasteiger partial charge in [-0.15, -0.1) is 0 Å². The molecule has 1 heterocycles. The first kappa shape index (κ1) is 19.3. The summed E-state index contributed by atoms with van der Waals surface area (Å²) in [4.78, 5) is 30.6. The Bertz CT molecular complexity index is 936. The second-order valence-corrected chi connectivity index (χ2v) is 6.73. The van der Waals surface area contributed by atoms with Crippen LogP contribution in [0.25, 0.3) is 0 Å². The topological polar surface area (TPSA) is 62.3 Å². The minimum absolute atomic E-state index is 0.0699. The molecule has 0 radical (unpaired) electrons. The lowest BCUT2D eigenvalue weighted by atomic mass is 10.1. The number of pyridine rings is 1. The van der Waals surface area contributed by atoms with Crippen LogP contribution in [0.1, 0.15) is 31.8 Å². The Balaban J connectivity index is 1.58. The van der Waals surface area contributed by atoms with Gasteiger partial charge < -0.3 is 10.2 Å². The van der Waals surface area contributed by atoms with Crippen LogP contribution >= 0.6 is 0 Å². The summed E-state index contributed by atoms with van der Waals surface area (Å²) in [6.07, 6.45) is 4.26. The van der Waals surface area contributed by atoms with Crippen molar-refractivity contribution < 1.29 is 9.59 Å². The van der Waals surface area contributed by atoms with Crippen LogP contribution in [-0.2, 0) is 6.42 Å². The Morgan fingerprint density at radius 1 is 0.893 bits per heavy atom. The van der Waals surface area contributed by atoms with E-state index in [9.17, 15) is 9.59 Å². The molecule has 28 heavy (non-hydrogen) atoms. The van der Waals surface area contributed by atoms with E-state index in [2.05, 4.69) is 10.3 Å². The lowest BCUT2D eigenvalue weighted by Gasteiger charge is -2.17. The Kier molecular flexibility index (Phi) is 6.17. The summed E-state index contributed by atoms with van der Waals surface area (Å²) in [6.45, 7) is 2.61. The van der Waals surface area contributed by atoms with Gasteiger partial charge in [-0.3, -0.25) is 14.6 Å². The number of aryl methyl sites for hydroxylation is 1. The van der Waals surface area contributed by atoms with Crippen molar-refractivity contribution in [3.8, 4) is 0 Å². The number of carbonyl (C=O) groups excluding carboxylic acids is 2. The van der Waals surface area contributed by atoms with E-state index in [0.717, 1.165) is 23.2 Å². The number of nitrogens with one attached hydrogen (secondary N) is 1. The molecule has 0 atom stereocenters. The first-order valence-electron chi connectivity index (χ1n) is 9.15. The lowest BCUT2D eigenvalue weighted by Crippen LogP contribution is -2.28. The minimum Gasteiger partial charge on any atom is -0.341 e. The molecule has 142 valence electrons. The number of likely N-dealkylation sites (N-methyl/N-ethyl adjacent to an activating group) is 1. The molecule has 0 fully saturated rings. The summed E-state index contributed by atoms with van der Waals surface area (Å²) in [7, 11) is 1.78. The molecular weight excluding hydrogens is 350 g/mol. The van der Waals surface area contributed by atoms with Crippen molar-refractivity contribution >= 4 is 17.5 Å². The smallest absolute Gasteiger partial charge is 0.255 e. The van der Waals surface area contributed by atoms with Crippen molar-refractivity contribution in [2.24, 2.45) is 0 Å². The SMILES string of the molecule is Cc1ccc(NC(=O)c2ccc(C(=O)N(C)CCc3ccncc3)cc2)cc1. The average molecular weight is 373 g/mol. The van der Waals surface area contributed by atoms with Crippen LogP contribution in [0.4, 0.5) is 5.69 Å². The van der Waals surface area contributed by atoms with Crippen molar-refractivity contribution in [2.45, 2.75) is 13.3 Å². The summed E-state index contributed by atoms with van der Waals surface area (Å²) >= 11 is 0. The molecule has 0 aliphatic heterocycles. The van der Waals surface area contributed by atoms with Gasteiger partial charge in [-0.05, 0) is 67.4 Å². The number of benzene rings is 2. The molecule has 0 spiro atoms. The summed E-state index contributed by atoms with van der Waals surface area (Å²) in [5.74, 6) is -0.270. The Labute approximate surface area is 165 Å². The first-order valence-corrected chi connectivity index (χ1v) is 9.15. The predicted molar refractivity (Wildman–Crippen MR) is 110 cm³/mol. The van der Waals surface area contributed by atoms with Gasteiger partial charge in [0.15, 0.2) is 0 Å². The number of anilines is 1. The molecule has 5 nitrogen and oxygen atoms in total. The number of carbonyl (C=O) groups is 2. The van der Waals surface area contributed by atoms with Crippen LogP contribution < -0.4 is 5.32 Å². The fourth-order valence-electron chi connectivity index (χ4n) is 2.77. The van der Waals surface area contributed by atoms with Crippen molar-refractivity contribution in [1.29, 1.82) is 0 Å². The van der Waals surface area contributed by atoms with E-state index >= 15 is 0 Å². The second-order valence-electron chi connectivity index (χ2n) is 6.73. The molecule has 3 rings (SSSR count). The zero-order valence-corrected chi connectivity index (χ0v) is 16.1. The van der Waals surface area contributed by atoms with Crippen LogP contribution in [0.5, 0.6) is 0 Å². The summed E-state index contributed by atoms with van der Waals surface area (Å²) in [5.41, 5.74) is 4.08. The standard InChI is InChI=1S/C23H23N3O2/c1-17-3-9-21(10-4-17)25-22(27)19-5-7-20(8-6-19)23(28)26(2)16-13-18-11-14-24-15-12-18/h3-12,14-15H,13,16H2,1-2H3,(H,25,27). The van der Waals surface area contributed by atoms with Crippen molar-refractivity contribution in [3.05, 3.63) is 95.3 Å². The Morgan fingerprint density at radius 2 is 1.50 bits per heavy atom. The fourth-order valence-corrected chi connectivity index (χ4v) is 2.77. The number of hydrogen-bond donors (Lipinski definition) is 1. The van der Waals surface area contributed by atoms with Crippen molar-refractivity contribution in [2.75, 3.05) is 18.9 Å². The highest BCUT2D eigenvalue weighted by atomic mass is 16.2. The van der Waals surface area contributed by atoms with Gasteiger partial charge in [0.05, 0.1) is 0 Å². The van der Waals surface area contributed by atoms with E-state index in [-0.39, 0.29) is 11.8 Å².